The number of rotatable bonds is 3. The van der Waals surface area contributed by atoms with Gasteiger partial charge in [-0.25, -0.2) is 0 Å². The normalized spacial score (nSPS) is 9.08. The van der Waals surface area contributed by atoms with Gasteiger partial charge in [-0.05, 0) is 12.1 Å². The Morgan fingerprint density at radius 1 is 1.17 bits per heavy atom. The van der Waals surface area contributed by atoms with Crippen LogP contribution in [0.15, 0.2) is 18.2 Å². The van der Waals surface area contributed by atoms with Crippen LogP contribution < -0.4 is 4.74 Å². The molecule has 0 unspecified atom stereocenters. The average Bonchev–Trinajstić information content (AvgIpc) is 2.16. The lowest BCUT2D eigenvalue weighted by molar-refractivity contribution is 0.111. The molecule has 0 saturated heterocycles. The summed E-state index contributed by atoms with van der Waals surface area (Å²) in [5.41, 5.74) is 0.782. The van der Waals surface area contributed by atoms with Crippen LogP contribution >= 0.6 is 0 Å². The molecule has 0 N–H and O–H groups in total. The van der Waals surface area contributed by atoms with E-state index in [1.165, 1.54) is 7.11 Å². The summed E-state index contributed by atoms with van der Waals surface area (Å²) < 4.78 is 4.90. The van der Waals surface area contributed by atoms with Gasteiger partial charge in [0, 0.05) is 0 Å². The molecule has 1 rings (SSSR count). The zero-order chi connectivity index (χ0) is 8.97. The molecule has 0 spiro atoms. The van der Waals surface area contributed by atoms with Crippen LogP contribution in [0.25, 0.3) is 0 Å². The molecule has 1 aromatic carbocycles. The van der Waals surface area contributed by atoms with Crippen molar-refractivity contribution in [2.45, 2.75) is 0 Å². The van der Waals surface area contributed by atoms with Crippen molar-refractivity contribution in [3.8, 4) is 5.75 Å². The van der Waals surface area contributed by atoms with Crippen LogP contribution in [-0.2, 0) is 0 Å². The molecule has 0 bridgehead atoms. The summed E-state index contributed by atoms with van der Waals surface area (Å²) in [6.45, 7) is 0. The van der Waals surface area contributed by atoms with Gasteiger partial charge in [0.2, 0.25) is 0 Å². The topological polar surface area (TPSA) is 43.4 Å². The summed E-state index contributed by atoms with van der Waals surface area (Å²) in [5.74, 6) is 0.336. The van der Waals surface area contributed by atoms with Gasteiger partial charge in [-0.3, -0.25) is 9.59 Å². The fourth-order valence-corrected chi connectivity index (χ4v) is 0.995. The lowest BCUT2D eigenvalue weighted by Crippen LogP contribution is -1.94. The quantitative estimate of drug-likeness (QED) is 0.633. The lowest BCUT2D eigenvalue weighted by Gasteiger charge is -2.04. The molecule has 3 heteroatoms. The Balaban J connectivity index is 3.30. The molecular formula is C9H8O3. The number of carbonyl (C=O) groups is 2. The zero-order valence-electron chi connectivity index (χ0n) is 6.61. The average molecular weight is 164 g/mol. The maximum atomic E-state index is 10.5. The fourth-order valence-electron chi connectivity index (χ4n) is 0.995. The summed E-state index contributed by atoms with van der Waals surface area (Å²) in [6.07, 6.45) is 1.32. The van der Waals surface area contributed by atoms with Gasteiger partial charge in [-0.2, -0.15) is 0 Å². The number of methoxy groups -OCH3 is 1. The molecule has 0 aliphatic rings. The Morgan fingerprint density at radius 2 is 1.67 bits per heavy atom. The van der Waals surface area contributed by atoms with Crippen molar-refractivity contribution < 1.29 is 14.3 Å². The molecule has 0 saturated carbocycles. The highest BCUT2D eigenvalue weighted by atomic mass is 16.5. The fraction of sp³-hybridized carbons (Fsp3) is 0.111. The maximum Gasteiger partial charge on any atom is 0.153 e. The van der Waals surface area contributed by atoms with Gasteiger partial charge in [0.25, 0.3) is 0 Å². The van der Waals surface area contributed by atoms with E-state index in [0.29, 0.717) is 29.4 Å². The first-order valence-corrected chi connectivity index (χ1v) is 3.41. The van der Waals surface area contributed by atoms with E-state index in [1.807, 2.05) is 0 Å². The van der Waals surface area contributed by atoms with E-state index >= 15 is 0 Å². The van der Waals surface area contributed by atoms with Crippen molar-refractivity contribution in [1.29, 1.82) is 0 Å². The zero-order valence-corrected chi connectivity index (χ0v) is 6.61. The van der Waals surface area contributed by atoms with Crippen LogP contribution in [-0.4, -0.2) is 19.7 Å². The van der Waals surface area contributed by atoms with E-state index in [2.05, 4.69) is 0 Å². The minimum Gasteiger partial charge on any atom is -0.495 e. The molecule has 0 aliphatic heterocycles. The second-order valence-electron chi connectivity index (χ2n) is 2.21. The smallest absolute Gasteiger partial charge is 0.153 e. The Bertz CT molecular complexity index is 278. The molecule has 0 radical (unpaired) electrons. The predicted molar refractivity (Wildman–Crippen MR) is 43.8 cm³/mol. The first-order valence-electron chi connectivity index (χ1n) is 3.41. The highest BCUT2D eigenvalue weighted by Gasteiger charge is 2.05. The molecule has 0 fully saturated rings. The molecule has 0 atom stereocenters. The standard InChI is InChI=1S/C9H8O3/c1-12-9-7(5-10)3-2-4-8(9)6-11/h2-6H,1H3. The third kappa shape index (κ3) is 1.34. The Hall–Kier alpha value is -1.64. The largest absolute Gasteiger partial charge is 0.495 e. The Kier molecular flexibility index (Phi) is 2.58. The second-order valence-corrected chi connectivity index (χ2v) is 2.21. The highest BCUT2D eigenvalue weighted by molar-refractivity contribution is 5.88. The molecular weight excluding hydrogens is 156 g/mol. The molecule has 0 heterocycles. The van der Waals surface area contributed by atoms with Crippen LogP contribution in [0.4, 0.5) is 0 Å². The van der Waals surface area contributed by atoms with Gasteiger partial charge < -0.3 is 4.74 Å². The number of carbonyl (C=O) groups excluding carboxylic acids is 2. The van der Waals surface area contributed by atoms with E-state index < -0.39 is 0 Å². The summed E-state index contributed by atoms with van der Waals surface area (Å²) >= 11 is 0. The number of hydrogen-bond acceptors (Lipinski definition) is 3. The summed E-state index contributed by atoms with van der Waals surface area (Å²) in [5, 5.41) is 0. The number of ether oxygens (including phenoxy) is 1. The number of para-hydroxylation sites is 1. The van der Waals surface area contributed by atoms with Crippen molar-refractivity contribution in [3.05, 3.63) is 29.3 Å². The van der Waals surface area contributed by atoms with Crippen molar-refractivity contribution in [1.82, 2.24) is 0 Å². The molecule has 0 aromatic heterocycles. The molecule has 62 valence electrons. The van der Waals surface area contributed by atoms with Gasteiger partial charge in [-0.1, -0.05) is 6.07 Å². The van der Waals surface area contributed by atoms with E-state index in [0.717, 1.165) is 0 Å². The number of hydrogen-bond donors (Lipinski definition) is 0. The first-order chi connectivity index (χ1) is 5.83. The predicted octanol–water partition coefficient (Wildman–Crippen LogP) is 1.32. The van der Waals surface area contributed by atoms with E-state index in [9.17, 15) is 9.59 Å². The summed E-state index contributed by atoms with van der Waals surface area (Å²) in [6, 6.07) is 4.83. The Morgan fingerprint density at radius 3 is 2.00 bits per heavy atom. The number of aldehydes is 2. The monoisotopic (exact) mass is 164 g/mol. The van der Waals surface area contributed by atoms with Gasteiger partial charge >= 0.3 is 0 Å². The van der Waals surface area contributed by atoms with Gasteiger partial charge in [0.1, 0.15) is 5.75 Å². The van der Waals surface area contributed by atoms with Crippen LogP contribution in [0.3, 0.4) is 0 Å². The summed E-state index contributed by atoms with van der Waals surface area (Å²) in [7, 11) is 1.43. The molecule has 3 nitrogen and oxygen atoms in total. The maximum absolute atomic E-state index is 10.5. The Labute approximate surface area is 70.0 Å². The first kappa shape index (κ1) is 8.46. The molecule has 0 amide bonds. The second kappa shape index (κ2) is 3.67. The van der Waals surface area contributed by atoms with E-state index in [1.54, 1.807) is 18.2 Å². The molecule has 0 aliphatic carbocycles. The lowest BCUT2D eigenvalue weighted by atomic mass is 10.1. The van der Waals surface area contributed by atoms with Crippen LogP contribution in [0.1, 0.15) is 20.7 Å². The van der Waals surface area contributed by atoms with Crippen LogP contribution in [0.2, 0.25) is 0 Å². The minimum absolute atomic E-state index is 0.336. The van der Waals surface area contributed by atoms with Crippen molar-refractivity contribution in [2.24, 2.45) is 0 Å². The highest BCUT2D eigenvalue weighted by Crippen LogP contribution is 2.20. The van der Waals surface area contributed by atoms with Crippen molar-refractivity contribution >= 4 is 12.6 Å². The number of benzene rings is 1. The molecule has 12 heavy (non-hydrogen) atoms. The van der Waals surface area contributed by atoms with E-state index in [4.69, 9.17) is 4.74 Å². The minimum atomic E-state index is 0.336. The summed E-state index contributed by atoms with van der Waals surface area (Å²) in [4.78, 5) is 20.9. The van der Waals surface area contributed by atoms with Crippen LogP contribution in [0.5, 0.6) is 5.75 Å². The SMILES string of the molecule is COc1c(C=O)cccc1C=O. The van der Waals surface area contributed by atoms with Gasteiger partial charge in [-0.15, -0.1) is 0 Å². The molecule has 1 aromatic rings. The third-order valence-corrected chi connectivity index (χ3v) is 1.53. The van der Waals surface area contributed by atoms with Crippen LogP contribution in [0, 0.1) is 0 Å². The van der Waals surface area contributed by atoms with Gasteiger partial charge in [0.15, 0.2) is 12.6 Å². The van der Waals surface area contributed by atoms with Crippen molar-refractivity contribution in [2.75, 3.05) is 7.11 Å². The van der Waals surface area contributed by atoms with E-state index in [-0.39, 0.29) is 0 Å². The van der Waals surface area contributed by atoms with Gasteiger partial charge in [0.05, 0.1) is 18.2 Å². The third-order valence-electron chi connectivity index (χ3n) is 1.53. The van der Waals surface area contributed by atoms with Crippen molar-refractivity contribution in [3.63, 3.8) is 0 Å².